The van der Waals surface area contributed by atoms with Crippen LogP contribution in [0.15, 0.2) is 17.1 Å². The normalized spacial score (nSPS) is 29.8. The Hall–Kier alpha value is -1.33. The van der Waals surface area contributed by atoms with E-state index in [-0.39, 0.29) is 5.82 Å². The smallest absolute Gasteiger partial charge is 0.387 e. The number of hydrogen-bond acceptors (Lipinski definition) is 9. The Morgan fingerprint density at radius 2 is 2.12 bits per heavy atom. The molecule has 2 heterocycles. The molecule has 0 aromatic carbocycles. The van der Waals surface area contributed by atoms with Gasteiger partial charge in [0.25, 0.3) is 0 Å². The molecule has 136 valence electrons. The zero-order valence-electron chi connectivity index (χ0n) is 13.1. The minimum absolute atomic E-state index is 0.00350. The summed E-state index contributed by atoms with van der Waals surface area (Å²) in [4.78, 5) is 24.8. The van der Waals surface area contributed by atoms with Crippen LogP contribution in [0.3, 0.4) is 0 Å². The summed E-state index contributed by atoms with van der Waals surface area (Å²) in [6.07, 6.45) is -4.59. The number of rotatable bonds is 6. The topological polar surface area (TPSA) is 166 Å². The van der Waals surface area contributed by atoms with Crippen LogP contribution in [0.25, 0.3) is 0 Å². The standard InChI is InChI=1S/C12H20N3O8P/c1-6(2)23-24(19,20)21-5-7-9(16)10(17)11(22-7)15-4-3-8(13)14-12(15)18/h3-4,6-7,9-11,16-17H,5H2,1-2H3,(H,19,20)(H2,13,14,18)/t7-,9+,10?,11-/m1/s1. The van der Waals surface area contributed by atoms with Crippen LogP contribution in [0.4, 0.5) is 5.82 Å². The third kappa shape index (κ3) is 4.39. The quantitative estimate of drug-likeness (QED) is 0.458. The van der Waals surface area contributed by atoms with Crippen molar-refractivity contribution in [2.75, 3.05) is 12.3 Å². The van der Waals surface area contributed by atoms with Crippen molar-refractivity contribution < 1.29 is 33.5 Å². The first-order valence-electron chi connectivity index (χ1n) is 7.12. The van der Waals surface area contributed by atoms with Crippen LogP contribution in [0, 0.1) is 0 Å². The van der Waals surface area contributed by atoms with Crippen molar-refractivity contribution in [1.82, 2.24) is 9.55 Å². The third-order valence-electron chi connectivity index (χ3n) is 3.21. The Kier molecular flexibility index (Phi) is 5.76. The molecule has 2 unspecified atom stereocenters. The fourth-order valence-electron chi connectivity index (χ4n) is 2.18. The van der Waals surface area contributed by atoms with E-state index in [1.54, 1.807) is 13.8 Å². The van der Waals surface area contributed by atoms with Gasteiger partial charge in [0.15, 0.2) is 6.23 Å². The van der Waals surface area contributed by atoms with E-state index < -0.39 is 50.8 Å². The molecule has 5 atom stereocenters. The molecule has 0 aliphatic carbocycles. The van der Waals surface area contributed by atoms with Gasteiger partial charge in [-0.2, -0.15) is 4.98 Å². The van der Waals surface area contributed by atoms with Crippen molar-refractivity contribution in [3.63, 3.8) is 0 Å². The van der Waals surface area contributed by atoms with Crippen molar-refractivity contribution in [2.45, 2.75) is 44.5 Å². The minimum Gasteiger partial charge on any atom is -0.387 e. The number of aromatic nitrogens is 2. The van der Waals surface area contributed by atoms with Gasteiger partial charge in [0.2, 0.25) is 0 Å². The first-order chi connectivity index (χ1) is 11.1. The van der Waals surface area contributed by atoms with Gasteiger partial charge < -0.3 is 25.6 Å². The summed E-state index contributed by atoms with van der Waals surface area (Å²) in [7, 11) is -4.33. The summed E-state index contributed by atoms with van der Waals surface area (Å²) in [5, 5.41) is 20.0. The van der Waals surface area contributed by atoms with Crippen molar-refractivity contribution in [2.24, 2.45) is 0 Å². The highest BCUT2D eigenvalue weighted by molar-refractivity contribution is 7.47. The van der Waals surface area contributed by atoms with Crippen LogP contribution in [0.1, 0.15) is 20.1 Å². The predicted octanol–water partition coefficient (Wildman–Crippen LogP) is -1.01. The molecule has 0 bridgehead atoms. The molecule has 5 N–H and O–H groups in total. The van der Waals surface area contributed by atoms with E-state index in [4.69, 9.17) is 19.5 Å². The first kappa shape index (κ1) is 19.0. The van der Waals surface area contributed by atoms with Crippen molar-refractivity contribution >= 4 is 13.6 Å². The molecule has 11 nitrogen and oxygen atoms in total. The maximum absolute atomic E-state index is 11.8. The summed E-state index contributed by atoms with van der Waals surface area (Å²) < 4.78 is 27.4. The summed E-state index contributed by atoms with van der Waals surface area (Å²) >= 11 is 0. The second-order valence-electron chi connectivity index (χ2n) is 5.51. The number of phosphoric ester groups is 1. The Bertz CT molecular complexity index is 681. The largest absolute Gasteiger partial charge is 0.472 e. The number of anilines is 1. The number of aliphatic hydroxyl groups excluding tert-OH is 2. The molecule has 1 saturated heterocycles. The first-order valence-corrected chi connectivity index (χ1v) is 8.62. The molecular formula is C12H20N3O8P. The zero-order chi connectivity index (χ0) is 18.1. The van der Waals surface area contributed by atoms with Crippen LogP contribution >= 0.6 is 7.82 Å². The SMILES string of the molecule is CC(C)OP(=O)(O)OC[C@H]1O[C@@H](n2ccc(N)nc2=O)C(O)[C@H]1O. The van der Waals surface area contributed by atoms with Gasteiger partial charge in [-0.3, -0.25) is 13.6 Å². The highest BCUT2D eigenvalue weighted by atomic mass is 31.2. The number of phosphoric acid groups is 1. The molecule has 24 heavy (non-hydrogen) atoms. The average molecular weight is 365 g/mol. The fourth-order valence-corrected chi connectivity index (χ4v) is 3.11. The molecule has 1 aromatic heterocycles. The lowest BCUT2D eigenvalue weighted by atomic mass is 10.1. The van der Waals surface area contributed by atoms with Gasteiger partial charge in [-0.05, 0) is 19.9 Å². The van der Waals surface area contributed by atoms with E-state index >= 15 is 0 Å². The maximum atomic E-state index is 11.8. The Balaban J connectivity index is 2.07. The van der Waals surface area contributed by atoms with E-state index in [1.165, 1.54) is 12.3 Å². The van der Waals surface area contributed by atoms with E-state index in [9.17, 15) is 24.5 Å². The average Bonchev–Trinajstić information content (AvgIpc) is 2.72. The maximum Gasteiger partial charge on any atom is 0.472 e. The molecule has 12 heteroatoms. The Labute approximate surface area is 137 Å². The summed E-state index contributed by atoms with van der Waals surface area (Å²) in [6.45, 7) is 2.58. The number of nitrogens with two attached hydrogens (primary N) is 1. The molecule has 0 spiro atoms. The number of nitrogens with zero attached hydrogens (tertiary/aromatic N) is 2. The van der Waals surface area contributed by atoms with Crippen LogP contribution in [0.5, 0.6) is 0 Å². The zero-order valence-corrected chi connectivity index (χ0v) is 13.9. The van der Waals surface area contributed by atoms with Crippen LogP contribution in [-0.2, 0) is 18.3 Å². The molecule has 1 aromatic rings. The second kappa shape index (κ2) is 7.28. The van der Waals surface area contributed by atoms with Gasteiger partial charge in [0, 0.05) is 6.20 Å². The monoisotopic (exact) mass is 365 g/mol. The molecule has 0 radical (unpaired) electrons. The Morgan fingerprint density at radius 3 is 2.71 bits per heavy atom. The van der Waals surface area contributed by atoms with Gasteiger partial charge >= 0.3 is 13.5 Å². The number of ether oxygens (including phenoxy) is 1. The predicted molar refractivity (Wildman–Crippen MR) is 80.8 cm³/mol. The molecule has 1 fully saturated rings. The van der Waals surface area contributed by atoms with E-state index in [0.29, 0.717) is 0 Å². The van der Waals surface area contributed by atoms with Crippen LogP contribution < -0.4 is 11.4 Å². The lowest BCUT2D eigenvalue weighted by Gasteiger charge is -2.18. The molecule has 1 aliphatic rings. The second-order valence-corrected chi connectivity index (χ2v) is 6.91. The fraction of sp³-hybridized carbons (Fsp3) is 0.667. The highest BCUT2D eigenvalue weighted by Gasteiger charge is 2.45. The van der Waals surface area contributed by atoms with Gasteiger partial charge in [0.05, 0.1) is 12.7 Å². The number of aliphatic hydroxyl groups is 2. The van der Waals surface area contributed by atoms with E-state index in [0.717, 1.165) is 4.57 Å². The molecule has 0 saturated carbocycles. The van der Waals surface area contributed by atoms with Gasteiger partial charge in [-0.25, -0.2) is 9.36 Å². The molecule has 1 aliphatic heterocycles. The van der Waals surface area contributed by atoms with Crippen LogP contribution in [0.2, 0.25) is 0 Å². The van der Waals surface area contributed by atoms with Crippen LogP contribution in [-0.4, -0.2) is 55.7 Å². The number of nitrogen functional groups attached to an aromatic ring is 1. The van der Waals surface area contributed by atoms with Crippen molar-refractivity contribution in [1.29, 1.82) is 0 Å². The molecular weight excluding hydrogens is 345 g/mol. The number of hydrogen-bond donors (Lipinski definition) is 4. The van der Waals surface area contributed by atoms with E-state index in [2.05, 4.69) is 4.98 Å². The minimum atomic E-state index is -4.33. The summed E-state index contributed by atoms with van der Waals surface area (Å²) in [5.41, 5.74) is 4.61. The highest BCUT2D eigenvalue weighted by Crippen LogP contribution is 2.45. The van der Waals surface area contributed by atoms with E-state index in [1.807, 2.05) is 0 Å². The van der Waals surface area contributed by atoms with Gasteiger partial charge in [0.1, 0.15) is 24.1 Å². The summed E-state index contributed by atoms with van der Waals surface area (Å²) in [6, 6.07) is 1.33. The van der Waals surface area contributed by atoms with Crippen molar-refractivity contribution in [3.05, 3.63) is 22.7 Å². The lowest BCUT2D eigenvalue weighted by Crippen LogP contribution is -2.36. The van der Waals surface area contributed by atoms with Gasteiger partial charge in [-0.15, -0.1) is 0 Å². The molecule has 0 amide bonds. The van der Waals surface area contributed by atoms with Gasteiger partial charge in [-0.1, -0.05) is 0 Å². The third-order valence-corrected chi connectivity index (χ3v) is 4.37. The molecule has 2 rings (SSSR count). The lowest BCUT2D eigenvalue weighted by molar-refractivity contribution is -0.0557. The Morgan fingerprint density at radius 1 is 1.46 bits per heavy atom. The van der Waals surface area contributed by atoms with Crippen molar-refractivity contribution in [3.8, 4) is 0 Å². The summed E-state index contributed by atoms with van der Waals surface area (Å²) in [5.74, 6) is -0.00350.